The summed E-state index contributed by atoms with van der Waals surface area (Å²) in [6, 6.07) is 99.2. The van der Waals surface area contributed by atoms with Crippen molar-refractivity contribution in [3.8, 4) is 55.6 Å². The van der Waals surface area contributed by atoms with Gasteiger partial charge in [-0.25, -0.2) is 0 Å². The summed E-state index contributed by atoms with van der Waals surface area (Å²) in [5.41, 5.74) is 21.3. The summed E-state index contributed by atoms with van der Waals surface area (Å²) in [5.74, 6) is 0. The van der Waals surface area contributed by atoms with E-state index in [4.69, 9.17) is 4.42 Å². The molecular weight excluding hydrogens is 835 g/mol. The molecule has 2 heteroatoms. The van der Waals surface area contributed by atoms with E-state index in [0.29, 0.717) is 0 Å². The van der Waals surface area contributed by atoms with Crippen LogP contribution in [0.25, 0.3) is 77.6 Å². The van der Waals surface area contributed by atoms with Crippen molar-refractivity contribution in [3.63, 3.8) is 0 Å². The lowest BCUT2D eigenvalue weighted by molar-refractivity contribution is 0.670. The summed E-state index contributed by atoms with van der Waals surface area (Å²) >= 11 is 0. The molecule has 1 aliphatic carbocycles. The molecule has 0 saturated carbocycles. The van der Waals surface area contributed by atoms with Crippen molar-refractivity contribution >= 4 is 39.0 Å². The molecule has 1 aliphatic rings. The van der Waals surface area contributed by atoms with Crippen molar-refractivity contribution in [3.05, 3.63) is 295 Å². The van der Waals surface area contributed by atoms with E-state index in [1.165, 1.54) is 61.2 Å². The molecule has 0 saturated heterocycles. The molecule has 69 heavy (non-hydrogen) atoms. The average molecular weight is 880 g/mol. The van der Waals surface area contributed by atoms with Gasteiger partial charge in [-0.1, -0.05) is 212 Å². The fourth-order valence-electron chi connectivity index (χ4n) is 11.0. The van der Waals surface area contributed by atoms with Crippen molar-refractivity contribution < 1.29 is 4.42 Å². The van der Waals surface area contributed by atoms with E-state index in [-0.39, 0.29) is 0 Å². The third kappa shape index (κ3) is 6.80. The highest BCUT2D eigenvalue weighted by molar-refractivity contribution is 6.09. The number of rotatable bonds is 9. The monoisotopic (exact) mass is 879 g/mol. The topological polar surface area (TPSA) is 16.4 Å². The minimum Gasteiger partial charge on any atom is -0.455 e. The van der Waals surface area contributed by atoms with Crippen LogP contribution in [-0.4, -0.2) is 0 Å². The van der Waals surface area contributed by atoms with Crippen LogP contribution >= 0.6 is 0 Å². The van der Waals surface area contributed by atoms with Gasteiger partial charge < -0.3 is 9.32 Å². The lowest BCUT2D eigenvalue weighted by Crippen LogP contribution is -2.28. The molecule has 0 aliphatic heterocycles. The van der Waals surface area contributed by atoms with Crippen molar-refractivity contribution in [2.24, 2.45) is 0 Å². The molecule has 0 unspecified atom stereocenters. The van der Waals surface area contributed by atoms with Crippen LogP contribution < -0.4 is 4.90 Å². The van der Waals surface area contributed by atoms with E-state index in [9.17, 15) is 0 Å². The van der Waals surface area contributed by atoms with Crippen molar-refractivity contribution in [1.29, 1.82) is 0 Å². The predicted molar refractivity (Wildman–Crippen MR) is 287 cm³/mol. The van der Waals surface area contributed by atoms with Crippen molar-refractivity contribution in [2.75, 3.05) is 4.90 Å². The fourth-order valence-corrected chi connectivity index (χ4v) is 11.0. The van der Waals surface area contributed by atoms with Gasteiger partial charge in [-0.2, -0.15) is 0 Å². The quantitative estimate of drug-likeness (QED) is 0.144. The highest BCUT2D eigenvalue weighted by Crippen LogP contribution is 2.56. The number of para-hydroxylation sites is 2. The first-order valence-corrected chi connectivity index (χ1v) is 23.7. The van der Waals surface area contributed by atoms with Crippen LogP contribution in [0.4, 0.5) is 17.1 Å². The number of hydrogen-bond acceptors (Lipinski definition) is 2. The number of furan rings is 1. The van der Waals surface area contributed by atoms with Crippen LogP contribution in [0.1, 0.15) is 22.3 Å². The summed E-state index contributed by atoms with van der Waals surface area (Å²) in [6.45, 7) is 0. The van der Waals surface area contributed by atoms with Crippen molar-refractivity contribution in [2.45, 2.75) is 5.41 Å². The van der Waals surface area contributed by atoms with Crippen LogP contribution in [0.15, 0.2) is 277 Å². The molecule has 0 bridgehead atoms. The maximum Gasteiger partial charge on any atom is 0.143 e. The molecule has 0 atom stereocenters. The predicted octanol–water partition coefficient (Wildman–Crippen LogP) is 18.1. The van der Waals surface area contributed by atoms with Gasteiger partial charge >= 0.3 is 0 Å². The highest BCUT2D eigenvalue weighted by atomic mass is 16.3. The Hall–Kier alpha value is -8.98. The van der Waals surface area contributed by atoms with E-state index >= 15 is 0 Å². The summed E-state index contributed by atoms with van der Waals surface area (Å²) < 4.78 is 6.58. The van der Waals surface area contributed by atoms with Gasteiger partial charge in [0.1, 0.15) is 11.2 Å². The van der Waals surface area contributed by atoms with Crippen LogP contribution in [0, 0.1) is 0 Å². The van der Waals surface area contributed by atoms with Crippen molar-refractivity contribution in [1.82, 2.24) is 0 Å². The third-order valence-corrected chi connectivity index (χ3v) is 14.1. The third-order valence-electron chi connectivity index (χ3n) is 14.1. The number of benzene rings is 11. The number of fused-ring (bicyclic) bond motifs is 6. The number of hydrogen-bond donors (Lipinski definition) is 0. The van der Waals surface area contributed by atoms with Gasteiger partial charge in [0.25, 0.3) is 0 Å². The summed E-state index contributed by atoms with van der Waals surface area (Å²) in [7, 11) is 0. The maximum absolute atomic E-state index is 6.58. The van der Waals surface area contributed by atoms with Gasteiger partial charge in [0.15, 0.2) is 0 Å². The zero-order valence-corrected chi connectivity index (χ0v) is 37.8. The zero-order valence-electron chi connectivity index (χ0n) is 37.8. The van der Waals surface area contributed by atoms with Gasteiger partial charge in [0.05, 0.1) is 5.41 Å². The largest absolute Gasteiger partial charge is 0.455 e. The summed E-state index contributed by atoms with van der Waals surface area (Å²) in [4.78, 5) is 2.39. The molecule has 11 aromatic carbocycles. The second kappa shape index (κ2) is 16.7. The molecular formula is C67H45NO. The summed E-state index contributed by atoms with van der Waals surface area (Å²) in [6.07, 6.45) is 0. The molecule has 0 amide bonds. The fraction of sp³-hybridized carbons (Fsp3) is 0.0149. The first-order chi connectivity index (χ1) is 34.2. The smallest absolute Gasteiger partial charge is 0.143 e. The van der Waals surface area contributed by atoms with E-state index in [1.807, 2.05) is 6.07 Å². The Balaban J connectivity index is 0.964. The molecule has 0 radical (unpaired) electrons. The minimum absolute atomic E-state index is 0.489. The standard InChI is InChI=1S/C67H45NO/c1-4-18-46(19-5-1)50-42-51(47-20-6-2-7-21-47)44-52(43-50)48-34-38-55(39-35-48)68(57-25-16-22-49(45-57)58-29-17-30-62-61-28-12-15-33-65(61)69-66(58)62)56-40-36-54(37-41-56)67(53-23-8-3-9-24-53)63-31-13-10-26-59(63)60-27-11-14-32-64(60)67/h1-45H. The van der Waals surface area contributed by atoms with Crippen LogP contribution in [0.3, 0.4) is 0 Å². The van der Waals surface area contributed by atoms with E-state index in [0.717, 1.165) is 55.7 Å². The lowest BCUT2D eigenvalue weighted by atomic mass is 9.68. The van der Waals surface area contributed by atoms with Crippen LogP contribution in [-0.2, 0) is 5.41 Å². The maximum atomic E-state index is 6.58. The Labute approximate surface area is 402 Å². The SMILES string of the molecule is c1ccc(-c2cc(-c3ccccc3)cc(-c3ccc(N(c4ccc(C5(c6ccccc6)c6ccccc6-c6ccccc65)cc4)c4cccc(-c5cccc6c5oc5ccccc56)c4)cc3)c2)cc1. The molecule has 0 N–H and O–H groups in total. The second-order valence-electron chi connectivity index (χ2n) is 18.0. The van der Waals surface area contributed by atoms with E-state index in [2.05, 4.69) is 272 Å². The van der Waals surface area contributed by atoms with E-state index < -0.39 is 5.41 Å². The number of nitrogens with zero attached hydrogens (tertiary/aromatic N) is 1. The molecule has 0 fully saturated rings. The van der Waals surface area contributed by atoms with E-state index in [1.54, 1.807) is 0 Å². The second-order valence-corrected chi connectivity index (χ2v) is 18.0. The molecule has 13 rings (SSSR count). The molecule has 324 valence electrons. The first kappa shape index (κ1) is 40.3. The Bertz CT molecular complexity index is 3710. The molecule has 1 aromatic heterocycles. The Kier molecular flexibility index (Phi) is 9.77. The molecule has 2 nitrogen and oxygen atoms in total. The van der Waals surface area contributed by atoms with Gasteiger partial charge in [0, 0.05) is 33.4 Å². The van der Waals surface area contributed by atoms with Gasteiger partial charge in [-0.05, 0) is 133 Å². The lowest BCUT2D eigenvalue weighted by Gasteiger charge is -2.34. The summed E-state index contributed by atoms with van der Waals surface area (Å²) in [5, 5.41) is 2.24. The minimum atomic E-state index is -0.489. The molecule has 1 heterocycles. The Morgan fingerprint density at radius 2 is 0.725 bits per heavy atom. The first-order valence-electron chi connectivity index (χ1n) is 23.7. The van der Waals surface area contributed by atoms with Gasteiger partial charge in [-0.15, -0.1) is 0 Å². The molecule has 12 aromatic rings. The highest BCUT2D eigenvalue weighted by Gasteiger charge is 2.45. The van der Waals surface area contributed by atoms with Gasteiger partial charge in [0.2, 0.25) is 0 Å². The zero-order chi connectivity index (χ0) is 45.7. The number of anilines is 3. The van der Waals surface area contributed by atoms with Crippen LogP contribution in [0.5, 0.6) is 0 Å². The van der Waals surface area contributed by atoms with Crippen LogP contribution in [0.2, 0.25) is 0 Å². The van der Waals surface area contributed by atoms with Gasteiger partial charge in [-0.3, -0.25) is 0 Å². The Morgan fingerprint density at radius 3 is 1.35 bits per heavy atom. The molecule has 0 spiro atoms. The Morgan fingerprint density at radius 1 is 0.275 bits per heavy atom. The normalized spacial score (nSPS) is 12.5. The average Bonchev–Trinajstić information content (AvgIpc) is 3.96.